The van der Waals surface area contributed by atoms with Gasteiger partial charge in [-0.25, -0.2) is 0 Å². The Kier molecular flexibility index (Phi) is 7.45. The SMILES string of the molecule is COc1cc(OC)c(OC)cc1CNC(=O)CCCc1nc(C(C)C)no1. The number of carbonyl (C=O) groups is 1. The van der Waals surface area contributed by atoms with E-state index in [9.17, 15) is 4.79 Å². The van der Waals surface area contributed by atoms with Gasteiger partial charge in [0.05, 0.1) is 21.3 Å². The van der Waals surface area contributed by atoms with Gasteiger partial charge in [0.1, 0.15) is 5.75 Å². The van der Waals surface area contributed by atoms with E-state index in [0.29, 0.717) is 54.8 Å². The van der Waals surface area contributed by atoms with Crippen molar-refractivity contribution in [2.24, 2.45) is 0 Å². The summed E-state index contributed by atoms with van der Waals surface area (Å²) in [6, 6.07) is 3.53. The van der Waals surface area contributed by atoms with Gasteiger partial charge in [0.15, 0.2) is 17.3 Å². The van der Waals surface area contributed by atoms with Crippen LogP contribution in [0, 0.1) is 0 Å². The molecule has 0 radical (unpaired) electrons. The topological polar surface area (TPSA) is 95.7 Å². The Bertz CT molecular complexity index is 758. The summed E-state index contributed by atoms with van der Waals surface area (Å²) in [5.41, 5.74) is 0.807. The highest BCUT2D eigenvalue weighted by atomic mass is 16.5. The fourth-order valence-corrected chi connectivity index (χ4v) is 2.52. The second-order valence-electron chi connectivity index (χ2n) is 6.35. The smallest absolute Gasteiger partial charge is 0.226 e. The molecule has 0 atom stereocenters. The van der Waals surface area contributed by atoms with Crippen LogP contribution >= 0.6 is 0 Å². The van der Waals surface area contributed by atoms with Gasteiger partial charge in [-0.15, -0.1) is 0 Å². The largest absolute Gasteiger partial charge is 0.496 e. The molecular formula is C19H27N3O5. The van der Waals surface area contributed by atoms with E-state index in [0.717, 1.165) is 5.56 Å². The van der Waals surface area contributed by atoms with Crippen LogP contribution in [0.25, 0.3) is 0 Å². The molecule has 8 nitrogen and oxygen atoms in total. The van der Waals surface area contributed by atoms with Gasteiger partial charge in [-0.3, -0.25) is 4.79 Å². The van der Waals surface area contributed by atoms with Crippen LogP contribution in [0.5, 0.6) is 17.2 Å². The molecule has 0 spiro atoms. The van der Waals surface area contributed by atoms with Crippen LogP contribution in [-0.2, 0) is 17.8 Å². The van der Waals surface area contributed by atoms with Crippen LogP contribution in [0.3, 0.4) is 0 Å². The van der Waals surface area contributed by atoms with Crippen LogP contribution in [0.1, 0.15) is 49.9 Å². The van der Waals surface area contributed by atoms with Crippen molar-refractivity contribution in [1.29, 1.82) is 0 Å². The van der Waals surface area contributed by atoms with E-state index in [-0.39, 0.29) is 11.8 Å². The third-order valence-electron chi connectivity index (χ3n) is 4.06. The van der Waals surface area contributed by atoms with Crippen LogP contribution in [0.15, 0.2) is 16.7 Å². The van der Waals surface area contributed by atoms with Crippen LogP contribution in [0.4, 0.5) is 0 Å². The van der Waals surface area contributed by atoms with Crippen molar-refractivity contribution in [3.05, 3.63) is 29.4 Å². The minimum Gasteiger partial charge on any atom is -0.496 e. The number of hydrogen-bond donors (Lipinski definition) is 1. The first kappa shape index (κ1) is 20.5. The number of hydrogen-bond acceptors (Lipinski definition) is 7. The molecule has 0 bridgehead atoms. The third kappa shape index (κ3) is 5.60. The van der Waals surface area contributed by atoms with Gasteiger partial charge in [0, 0.05) is 36.9 Å². The molecule has 0 saturated heterocycles. The summed E-state index contributed by atoms with van der Waals surface area (Å²) in [6.07, 6.45) is 1.58. The highest BCUT2D eigenvalue weighted by molar-refractivity contribution is 5.76. The van der Waals surface area contributed by atoms with E-state index in [1.807, 2.05) is 13.8 Å². The summed E-state index contributed by atoms with van der Waals surface area (Å²) in [6.45, 7) is 4.34. The van der Waals surface area contributed by atoms with Crippen molar-refractivity contribution in [2.45, 2.75) is 45.6 Å². The van der Waals surface area contributed by atoms with E-state index in [1.165, 1.54) is 0 Å². The molecule has 1 amide bonds. The Morgan fingerprint density at radius 2 is 1.78 bits per heavy atom. The Labute approximate surface area is 159 Å². The van der Waals surface area contributed by atoms with Gasteiger partial charge in [-0.1, -0.05) is 19.0 Å². The molecule has 0 aliphatic rings. The number of carbonyl (C=O) groups excluding carboxylic acids is 1. The lowest BCUT2D eigenvalue weighted by Gasteiger charge is -2.14. The van der Waals surface area contributed by atoms with E-state index < -0.39 is 0 Å². The lowest BCUT2D eigenvalue weighted by atomic mass is 10.1. The lowest BCUT2D eigenvalue weighted by Crippen LogP contribution is -2.22. The van der Waals surface area contributed by atoms with Crippen LogP contribution in [0.2, 0.25) is 0 Å². The molecule has 8 heteroatoms. The number of aromatic nitrogens is 2. The van der Waals surface area contributed by atoms with Crippen LogP contribution in [-0.4, -0.2) is 37.4 Å². The van der Waals surface area contributed by atoms with Crippen molar-refractivity contribution < 1.29 is 23.5 Å². The fourth-order valence-electron chi connectivity index (χ4n) is 2.52. The number of nitrogens with zero attached hydrogens (tertiary/aromatic N) is 2. The van der Waals surface area contributed by atoms with Crippen LogP contribution < -0.4 is 19.5 Å². The minimum absolute atomic E-state index is 0.0598. The maximum Gasteiger partial charge on any atom is 0.226 e. The first-order chi connectivity index (χ1) is 13.0. The summed E-state index contributed by atoms with van der Waals surface area (Å²) in [5.74, 6) is 3.20. The number of aryl methyl sites for hydroxylation is 1. The zero-order valence-electron chi connectivity index (χ0n) is 16.5. The first-order valence-electron chi connectivity index (χ1n) is 8.86. The van der Waals surface area contributed by atoms with E-state index in [1.54, 1.807) is 33.5 Å². The summed E-state index contributed by atoms with van der Waals surface area (Å²) >= 11 is 0. The third-order valence-corrected chi connectivity index (χ3v) is 4.06. The summed E-state index contributed by atoms with van der Waals surface area (Å²) in [7, 11) is 4.70. The van der Waals surface area contributed by atoms with Gasteiger partial charge in [-0.05, 0) is 12.5 Å². The zero-order valence-corrected chi connectivity index (χ0v) is 16.5. The zero-order chi connectivity index (χ0) is 19.8. The quantitative estimate of drug-likeness (QED) is 0.680. The summed E-state index contributed by atoms with van der Waals surface area (Å²) in [5, 5.41) is 6.81. The van der Waals surface area contributed by atoms with E-state index >= 15 is 0 Å². The van der Waals surface area contributed by atoms with Crippen molar-refractivity contribution in [3.63, 3.8) is 0 Å². The molecule has 0 aliphatic heterocycles. The highest BCUT2D eigenvalue weighted by Gasteiger charge is 2.13. The molecule has 0 fully saturated rings. The summed E-state index contributed by atoms with van der Waals surface area (Å²) in [4.78, 5) is 16.4. The molecule has 2 aromatic rings. The van der Waals surface area contributed by atoms with Gasteiger partial charge in [-0.2, -0.15) is 4.98 Å². The monoisotopic (exact) mass is 377 g/mol. The Morgan fingerprint density at radius 1 is 1.11 bits per heavy atom. The van der Waals surface area contributed by atoms with Gasteiger partial charge < -0.3 is 24.1 Å². The van der Waals surface area contributed by atoms with Crippen molar-refractivity contribution in [1.82, 2.24) is 15.5 Å². The van der Waals surface area contributed by atoms with E-state index in [4.69, 9.17) is 18.7 Å². The summed E-state index contributed by atoms with van der Waals surface area (Å²) < 4.78 is 21.1. The predicted octanol–water partition coefficient (Wildman–Crippen LogP) is 2.86. The van der Waals surface area contributed by atoms with Crippen molar-refractivity contribution in [2.75, 3.05) is 21.3 Å². The molecule has 2 rings (SSSR count). The number of ether oxygens (including phenoxy) is 3. The highest BCUT2D eigenvalue weighted by Crippen LogP contribution is 2.34. The standard InChI is InChI=1S/C19H27N3O5/c1-12(2)19-21-18(27-22-19)8-6-7-17(23)20-11-13-9-15(25-4)16(26-5)10-14(13)24-3/h9-10,12H,6-8,11H2,1-5H3,(H,20,23). The number of rotatable bonds is 10. The average Bonchev–Trinajstić information content (AvgIpc) is 3.14. The average molecular weight is 377 g/mol. The number of amides is 1. The molecule has 1 aromatic heterocycles. The Morgan fingerprint density at radius 3 is 2.37 bits per heavy atom. The Balaban J connectivity index is 1.85. The van der Waals surface area contributed by atoms with Gasteiger partial charge in [0.25, 0.3) is 0 Å². The molecule has 27 heavy (non-hydrogen) atoms. The number of benzene rings is 1. The molecular weight excluding hydrogens is 350 g/mol. The number of methoxy groups -OCH3 is 3. The minimum atomic E-state index is -0.0598. The van der Waals surface area contributed by atoms with Gasteiger partial charge >= 0.3 is 0 Å². The lowest BCUT2D eigenvalue weighted by molar-refractivity contribution is -0.121. The molecule has 148 valence electrons. The molecule has 0 unspecified atom stereocenters. The molecule has 1 N–H and O–H groups in total. The number of nitrogens with one attached hydrogen (secondary N) is 1. The van der Waals surface area contributed by atoms with Crippen molar-refractivity contribution >= 4 is 5.91 Å². The van der Waals surface area contributed by atoms with E-state index in [2.05, 4.69) is 15.5 Å². The maximum absolute atomic E-state index is 12.1. The van der Waals surface area contributed by atoms with Crippen molar-refractivity contribution in [3.8, 4) is 17.2 Å². The molecule has 0 saturated carbocycles. The first-order valence-corrected chi connectivity index (χ1v) is 8.86. The second kappa shape index (κ2) is 9.80. The second-order valence-corrected chi connectivity index (χ2v) is 6.35. The molecule has 0 aliphatic carbocycles. The normalized spacial score (nSPS) is 10.7. The molecule has 1 aromatic carbocycles. The maximum atomic E-state index is 12.1. The predicted molar refractivity (Wildman–Crippen MR) is 99.3 cm³/mol. The fraction of sp³-hybridized carbons (Fsp3) is 0.526. The Hall–Kier alpha value is -2.77. The molecule has 1 heterocycles. The van der Waals surface area contributed by atoms with Gasteiger partial charge in [0.2, 0.25) is 11.8 Å².